The van der Waals surface area contributed by atoms with Gasteiger partial charge in [-0.1, -0.05) is 0 Å². The van der Waals surface area contributed by atoms with E-state index in [0.717, 1.165) is 36.4 Å². The zero-order valence-electron chi connectivity index (χ0n) is 18.9. The van der Waals surface area contributed by atoms with Crippen LogP contribution in [0.25, 0.3) is 21.5 Å². The van der Waals surface area contributed by atoms with Crippen molar-refractivity contribution in [2.75, 3.05) is 0 Å². The number of hydrogen-bond donors (Lipinski definition) is 6. The van der Waals surface area contributed by atoms with Crippen LogP contribution < -0.4 is 31.9 Å². The standard InChI is InChI=1S/C24H16N2O12/c27-15-1-9(2-16(28)19(15)31)7-37-25-21(33)11-5-13-14(6-12(11)22(25)34)24(36)26(23(13)35)38-8-10-3-17(29)20(32)18(30)4-10/h1-6,27-32H,7-8H2. The SMILES string of the molecule is O=c1c2cc3c(=O)n(OCc4cc(O)c(O)c(O)c4)c(=O)c3cc2c(=O)n1OCc1cc(O)c(O)c(O)c1. The Morgan fingerprint density at radius 1 is 0.474 bits per heavy atom. The van der Waals surface area contributed by atoms with E-state index >= 15 is 0 Å². The van der Waals surface area contributed by atoms with Gasteiger partial charge in [-0.05, 0) is 47.5 Å². The molecule has 194 valence electrons. The Balaban J connectivity index is 1.49. The van der Waals surface area contributed by atoms with E-state index in [1.807, 2.05) is 0 Å². The lowest BCUT2D eigenvalue weighted by atomic mass is 10.1. The van der Waals surface area contributed by atoms with Crippen LogP contribution in [0.1, 0.15) is 11.1 Å². The Morgan fingerprint density at radius 3 is 1.00 bits per heavy atom. The van der Waals surface area contributed by atoms with E-state index in [4.69, 9.17) is 9.68 Å². The summed E-state index contributed by atoms with van der Waals surface area (Å²) >= 11 is 0. The molecule has 0 saturated carbocycles. The first-order chi connectivity index (χ1) is 18.0. The Bertz CT molecular complexity index is 1710. The van der Waals surface area contributed by atoms with Gasteiger partial charge in [0.1, 0.15) is 13.2 Å². The van der Waals surface area contributed by atoms with Crippen LogP contribution in [0.5, 0.6) is 34.5 Å². The number of aromatic nitrogens is 2. The van der Waals surface area contributed by atoms with Crippen LogP contribution >= 0.6 is 0 Å². The van der Waals surface area contributed by atoms with Crippen LogP contribution in [0.4, 0.5) is 0 Å². The third-order valence-corrected chi connectivity index (χ3v) is 5.80. The summed E-state index contributed by atoms with van der Waals surface area (Å²) in [6.45, 7) is -0.928. The number of nitrogens with zero attached hydrogens (tertiary/aromatic N) is 2. The minimum atomic E-state index is -0.935. The summed E-state index contributed by atoms with van der Waals surface area (Å²) in [4.78, 5) is 61.8. The molecule has 5 rings (SSSR count). The van der Waals surface area contributed by atoms with Crippen molar-refractivity contribution in [2.45, 2.75) is 13.2 Å². The molecule has 0 fully saturated rings. The van der Waals surface area contributed by atoms with Gasteiger partial charge in [-0.2, -0.15) is 0 Å². The topological polar surface area (TPSA) is 218 Å². The van der Waals surface area contributed by atoms with E-state index < -0.39 is 69.9 Å². The zero-order chi connectivity index (χ0) is 27.5. The highest BCUT2D eigenvalue weighted by Gasteiger charge is 2.21. The quantitative estimate of drug-likeness (QED) is 0.154. The second-order valence-electron chi connectivity index (χ2n) is 8.26. The minimum absolute atomic E-state index is 0.116. The molecule has 3 aromatic carbocycles. The second-order valence-corrected chi connectivity index (χ2v) is 8.26. The maximum atomic E-state index is 12.8. The van der Waals surface area contributed by atoms with E-state index in [0.29, 0.717) is 9.46 Å². The molecule has 6 N–H and O–H groups in total. The number of fused-ring (bicyclic) bond motifs is 2. The monoisotopic (exact) mass is 524 g/mol. The normalized spacial score (nSPS) is 11.4. The highest BCUT2D eigenvalue weighted by molar-refractivity contribution is 5.97. The molecule has 0 aliphatic rings. The van der Waals surface area contributed by atoms with Crippen molar-refractivity contribution in [3.8, 4) is 34.5 Å². The van der Waals surface area contributed by atoms with Crippen molar-refractivity contribution >= 4 is 21.5 Å². The third kappa shape index (κ3) is 3.67. The Morgan fingerprint density at radius 2 is 0.737 bits per heavy atom. The molecule has 5 aromatic rings. The fourth-order valence-electron chi connectivity index (χ4n) is 3.93. The van der Waals surface area contributed by atoms with Crippen LogP contribution in [-0.4, -0.2) is 40.1 Å². The molecule has 14 nitrogen and oxygen atoms in total. The lowest BCUT2D eigenvalue weighted by molar-refractivity contribution is 0.0856. The summed E-state index contributed by atoms with van der Waals surface area (Å²) in [6.07, 6.45) is 0. The molecule has 0 saturated heterocycles. The number of phenols is 6. The van der Waals surface area contributed by atoms with Gasteiger partial charge < -0.3 is 40.3 Å². The average Bonchev–Trinajstić information content (AvgIpc) is 3.25. The van der Waals surface area contributed by atoms with E-state index in [1.165, 1.54) is 0 Å². The first-order valence-corrected chi connectivity index (χ1v) is 10.7. The summed E-state index contributed by atoms with van der Waals surface area (Å²) in [5.41, 5.74) is -3.51. The molecule has 0 aliphatic heterocycles. The predicted molar refractivity (Wildman–Crippen MR) is 128 cm³/mol. The first kappa shape index (κ1) is 24.1. The maximum absolute atomic E-state index is 12.8. The Kier molecular flexibility index (Phi) is 5.37. The van der Waals surface area contributed by atoms with Gasteiger partial charge in [-0.3, -0.25) is 19.2 Å². The molecular formula is C24H16N2O12. The zero-order valence-corrected chi connectivity index (χ0v) is 18.9. The molecule has 2 aromatic heterocycles. The van der Waals surface area contributed by atoms with Gasteiger partial charge >= 0.3 is 0 Å². The minimum Gasteiger partial charge on any atom is -0.504 e. The highest BCUT2D eigenvalue weighted by atomic mass is 16.7. The van der Waals surface area contributed by atoms with Crippen molar-refractivity contribution in [3.63, 3.8) is 0 Å². The number of rotatable bonds is 6. The number of benzene rings is 3. The molecular weight excluding hydrogens is 508 g/mol. The van der Waals surface area contributed by atoms with Crippen LogP contribution in [0.2, 0.25) is 0 Å². The summed E-state index contributed by atoms with van der Waals surface area (Å²) in [7, 11) is 0. The van der Waals surface area contributed by atoms with Gasteiger partial charge in [-0.15, -0.1) is 9.46 Å². The highest BCUT2D eigenvalue weighted by Crippen LogP contribution is 2.36. The molecule has 38 heavy (non-hydrogen) atoms. The van der Waals surface area contributed by atoms with Crippen LogP contribution in [-0.2, 0) is 13.2 Å². The number of hydrogen-bond acceptors (Lipinski definition) is 12. The first-order valence-electron chi connectivity index (χ1n) is 10.7. The number of aromatic hydroxyl groups is 6. The molecule has 0 aliphatic carbocycles. The smallest absolute Gasteiger partial charge is 0.294 e. The Hall–Kier alpha value is -5.66. The average molecular weight is 524 g/mol. The molecule has 14 heteroatoms. The van der Waals surface area contributed by atoms with Crippen molar-refractivity contribution < 1.29 is 40.3 Å². The van der Waals surface area contributed by atoms with E-state index in [2.05, 4.69) is 0 Å². The van der Waals surface area contributed by atoms with Gasteiger partial charge in [0.05, 0.1) is 21.5 Å². The Labute approximate surface area is 208 Å². The summed E-state index contributed by atoms with van der Waals surface area (Å²) in [6, 6.07) is 6.30. The van der Waals surface area contributed by atoms with E-state index in [1.54, 1.807) is 0 Å². The second kappa shape index (κ2) is 8.48. The van der Waals surface area contributed by atoms with Crippen LogP contribution in [0, 0.1) is 0 Å². The molecule has 0 bridgehead atoms. The van der Waals surface area contributed by atoms with Gasteiger partial charge in [0.25, 0.3) is 22.2 Å². The lowest BCUT2D eigenvalue weighted by Crippen LogP contribution is -2.32. The fourth-order valence-corrected chi connectivity index (χ4v) is 3.93. The predicted octanol–water partition coefficient (Wildman–Crippen LogP) is -0.596. The molecule has 0 radical (unpaired) electrons. The van der Waals surface area contributed by atoms with Crippen molar-refractivity contribution in [3.05, 3.63) is 88.9 Å². The van der Waals surface area contributed by atoms with Gasteiger partial charge in [0.2, 0.25) is 0 Å². The summed E-state index contributed by atoms with van der Waals surface area (Å²) in [5.74, 6) is -4.10. The van der Waals surface area contributed by atoms with Gasteiger partial charge in [0.15, 0.2) is 34.5 Å². The van der Waals surface area contributed by atoms with E-state index in [9.17, 15) is 49.8 Å². The van der Waals surface area contributed by atoms with Gasteiger partial charge in [-0.25, -0.2) is 0 Å². The van der Waals surface area contributed by atoms with Crippen molar-refractivity contribution in [2.24, 2.45) is 0 Å². The van der Waals surface area contributed by atoms with E-state index in [-0.39, 0.29) is 32.7 Å². The largest absolute Gasteiger partial charge is 0.504 e. The summed E-state index contributed by atoms with van der Waals surface area (Å²) in [5, 5.41) is 56.4. The summed E-state index contributed by atoms with van der Waals surface area (Å²) < 4.78 is 0.793. The van der Waals surface area contributed by atoms with Gasteiger partial charge in [0, 0.05) is 0 Å². The van der Waals surface area contributed by atoms with Crippen LogP contribution in [0.3, 0.4) is 0 Å². The lowest BCUT2D eigenvalue weighted by Gasteiger charge is -2.07. The van der Waals surface area contributed by atoms with Crippen LogP contribution in [0.15, 0.2) is 55.6 Å². The molecule has 0 amide bonds. The van der Waals surface area contributed by atoms with Crippen molar-refractivity contribution in [1.82, 2.24) is 9.46 Å². The molecule has 0 unspecified atom stereocenters. The molecule has 2 heterocycles. The van der Waals surface area contributed by atoms with Crippen molar-refractivity contribution in [1.29, 1.82) is 0 Å². The number of phenolic OH excluding ortho intramolecular Hbond substituents is 6. The molecule has 0 spiro atoms. The molecule has 0 atom stereocenters. The fraction of sp³-hybridized carbons (Fsp3) is 0.0833. The maximum Gasteiger partial charge on any atom is 0.294 e. The third-order valence-electron chi connectivity index (χ3n) is 5.80.